The fourth-order valence-corrected chi connectivity index (χ4v) is 3.57. The largest absolute Gasteiger partial charge is 0.496 e. The maximum absolute atomic E-state index is 12.9. The highest BCUT2D eigenvalue weighted by molar-refractivity contribution is 6.15. The van der Waals surface area contributed by atoms with Crippen LogP contribution >= 0.6 is 0 Å². The van der Waals surface area contributed by atoms with Crippen LogP contribution in [-0.4, -0.2) is 26.0 Å². The Kier molecular flexibility index (Phi) is 5.69. The van der Waals surface area contributed by atoms with Crippen molar-refractivity contribution in [2.45, 2.75) is 13.8 Å². The number of rotatable bonds is 5. The van der Waals surface area contributed by atoms with Gasteiger partial charge in [-0.05, 0) is 55.3 Å². The SMILES string of the molecule is COc1cccc(OC)c1C(=O)Oc1ccc2c(c1C)O/C(=C\c1ccccc1C)C2=O. The van der Waals surface area contributed by atoms with Crippen LogP contribution in [0.5, 0.6) is 23.0 Å². The second-order valence-electron chi connectivity index (χ2n) is 7.29. The minimum absolute atomic E-state index is 0.175. The number of ether oxygens (including phenoxy) is 4. The summed E-state index contributed by atoms with van der Waals surface area (Å²) in [7, 11) is 2.93. The lowest BCUT2D eigenvalue weighted by Crippen LogP contribution is -2.12. The van der Waals surface area contributed by atoms with E-state index in [1.807, 2.05) is 31.2 Å². The average molecular weight is 430 g/mol. The number of benzene rings is 3. The lowest BCUT2D eigenvalue weighted by atomic mass is 10.0. The number of hydrogen-bond acceptors (Lipinski definition) is 6. The van der Waals surface area contributed by atoms with Gasteiger partial charge in [0.1, 0.15) is 28.6 Å². The highest BCUT2D eigenvalue weighted by Crippen LogP contribution is 2.40. The van der Waals surface area contributed by atoms with Crippen molar-refractivity contribution in [3.63, 3.8) is 0 Å². The lowest BCUT2D eigenvalue weighted by molar-refractivity contribution is 0.0726. The Hall–Kier alpha value is -4.06. The summed E-state index contributed by atoms with van der Waals surface area (Å²) in [5.41, 5.74) is 3.08. The first-order valence-corrected chi connectivity index (χ1v) is 10.0. The summed E-state index contributed by atoms with van der Waals surface area (Å²) >= 11 is 0. The molecule has 3 aromatic carbocycles. The number of fused-ring (bicyclic) bond motifs is 1. The number of Topliss-reactive ketones (excluding diaryl/α,β-unsaturated/α-hetero) is 1. The van der Waals surface area contributed by atoms with Crippen molar-refractivity contribution >= 4 is 17.8 Å². The Morgan fingerprint density at radius 2 is 1.56 bits per heavy atom. The first kappa shape index (κ1) is 21.2. The van der Waals surface area contributed by atoms with E-state index < -0.39 is 5.97 Å². The summed E-state index contributed by atoms with van der Waals surface area (Å²) in [6.07, 6.45) is 1.72. The summed E-state index contributed by atoms with van der Waals surface area (Å²) < 4.78 is 22.1. The zero-order chi connectivity index (χ0) is 22.8. The molecule has 0 saturated heterocycles. The van der Waals surface area contributed by atoms with Gasteiger partial charge in [0.15, 0.2) is 5.76 Å². The molecule has 0 fully saturated rings. The third-order valence-electron chi connectivity index (χ3n) is 5.35. The molecule has 4 rings (SSSR count). The van der Waals surface area contributed by atoms with Gasteiger partial charge in [0.25, 0.3) is 0 Å². The molecule has 32 heavy (non-hydrogen) atoms. The topological polar surface area (TPSA) is 71.1 Å². The van der Waals surface area contributed by atoms with Gasteiger partial charge in [0.05, 0.1) is 19.8 Å². The Morgan fingerprint density at radius 3 is 2.22 bits per heavy atom. The van der Waals surface area contributed by atoms with E-state index in [9.17, 15) is 9.59 Å². The number of carbonyl (C=O) groups excluding carboxylic acids is 2. The number of aryl methyl sites for hydroxylation is 1. The van der Waals surface area contributed by atoms with Crippen molar-refractivity contribution in [3.05, 3.63) is 88.2 Å². The van der Waals surface area contributed by atoms with Gasteiger partial charge in [0.2, 0.25) is 5.78 Å². The van der Waals surface area contributed by atoms with E-state index in [0.29, 0.717) is 28.4 Å². The normalized spacial score (nSPS) is 13.5. The molecule has 0 amide bonds. The van der Waals surface area contributed by atoms with Gasteiger partial charge in [-0.3, -0.25) is 4.79 Å². The van der Waals surface area contributed by atoms with E-state index in [2.05, 4.69) is 0 Å². The molecule has 6 heteroatoms. The smallest absolute Gasteiger partial charge is 0.351 e. The summed E-state index contributed by atoms with van der Waals surface area (Å²) in [5.74, 6) is 0.718. The molecule has 0 spiro atoms. The van der Waals surface area contributed by atoms with Gasteiger partial charge in [-0.2, -0.15) is 0 Å². The summed E-state index contributed by atoms with van der Waals surface area (Å²) in [6, 6.07) is 15.9. The molecule has 6 nitrogen and oxygen atoms in total. The van der Waals surface area contributed by atoms with Crippen molar-refractivity contribution in [1.29, 1.82) is 0 Å². The average Bonchev–Trinajstić information content (AvgIpc) is 3.12. The zero-order valence-corrected chi connectivity index (χ0v) is 18.2. The van der Waals surface area contributed by atoms with Crippen LogP contribution in [0.2, 0.25) is 0 Å². The molecule has 0 aliphatic carbocycles. The molecule has 0 aromatic heterocycles. The molecule has 0 saturated carbocycles. The van der Waals surface area contributed by atoms with Crippen LogP contribution in [0.15, 0.2) is 60.4 Å². The first-order chi connectivity index (χ1) is 15.4. The second kappa shape index (κ2) is 8.59. The van der Waals surface area contributed by atoms with E-state index >= 15 is 0 Å². The fourth-order valence-electron chi connectivity index (χ4n) is 3.57. The molecule has 3 aromatic rings. The highest BCUT2D eigenvalue weighted by Gasteiger charge is 2.31. The van der Waals surface area contributed by atoms with Crippen molar-refractivity contribution < 1.29 is 28.5 Å². The van der Waals surface area contributed by atoms with Crippen LogP contribution < -0.4 is 18.9 Å². The molecule has 1 aliphatic heterocycles. The first-order valence-electron chi connectivity index (χ1n) is 10.0. The number of allylic oxidation sites excluding steroid dienone is 1. The summed E-state index contributed by atoms with van der Waals surface area (Å²) in [5, 5.41) is 0. The molecule has 1 heterocycles. The number of esters is 1. The predicted molar refractivity (Wildman–Crippen MR) is 120 cm³/mol. The maximum atomic E-state index is 12.9. The summed E-state index contributed by atoms with van der Waals surface area (Å²) in [4.78, 5) is 25.8. The number of methoxy groups -OCH3 is 2. The van der Waals surface area contributed by atoms with E-state index in [4.69, 9.17) is 18.9 Å². The van der Waals surface area contributed by atoms with E-state index in [1.54, 1.807) is 43.3 Å². The minimum atomic E-state index is -0.637. The fraction of sp³-hybridized carbons (Fsp3) is 0.154. The molecule has 0 radical (unpaired) electrons. The molecule has 1 aliphatic rings. The monoisotopic (exact) mass is 430 g/mol. The summed E-state index contributed by atoms with van der Waals surface area (Å²) in [6.45, 7) is 3.71. The molecule has 162 valence electrons. The van der Waals surface area contributed by atoms with Crippen LogP contribution in [0.4, 0.5) is 0 Å². The van der Waals surface area contributed by atoms with Gasteiger partial charge in [-0.1, -0.05) is 30.3 Å². The van der Waals surface area contributed by atoms with E-state index in [0.717, 1.165) is 11.1 Å². The molecule has 0 atom stereocenters. The molecular weight excluding hydrogens is 408 g/mol. The van der Waals surface area contributed by atoms with Crippen LogP contribution in [0.1, 0.15) is 37.4 Å². The molecule has 0 unspecified atom stereocenters. The van der Waals surface area contributed by atoms with Crippen molar-refractivity contribution in [2.24, 2.45) is 0 Å². The van der Waals surface area contributed by atoms with E-state index in [-0.39, 0.29) is 22.9 Å². The predicted octanol–water partition coefficient (Wildman–Crippen LogP) is 5.16. The Morgan fingerprint density at radius 1 is 0.875 bits per heavy atom. The zero-order valence-electron chi connectivity index (χ0n) is 18.2. The van der Waals surface area contributed by atoms with Gasteiger partial charge in [-0.25, -0.2) is 4.79 Å². The van der Waals surface area contributed by atoms with Gasteiger partial charge >= 0.3 is 5.97 Å². The van der Waals surface area contributed by atoms with Crippen molar-refractivity contribution in [3.8, 4) is 23.0 Å². The molecular formula is C26H22O6. The number of hydrogen-bond donors (Lipinski definition) is 0. The second-order valence-corrected chi connectivity index (χ2v) is 7.29. The van der Waals surface area contributed by atoms with E-state index in [1.165, 1.54) is 14.2 Å². The van der Waals surface area contributed by atoms with Crippen molar-refractivity contribution in [2.75, 3.05) is 14.2 Å². The minimum Gasteiger partial charge on any atom is -0.496 e. The maximum Gasteiger partial charge on any atom is 0.351 e. The van der Waals surface area contributed by atoms with Gasteiger partial charge in [0, 0.05) is 5.56 Å². The third-order valence-corrected chi connectivity index (χ3v) is 5.35. The number of ketones is 1. The Bertz CT molecular complexity index is 1230. The quantitative estimate of drug-likeness (QED) is 0.316. The third kappa shape index (κ3) is 3.71. The number of carbonyl (C=O) groups is 2. The Labute approximate surface area is 186 Å². The Balaban J connectivity index is 1.66. The van der Waals surface area contributed by atoms with Gasteiger partial charge < -0.3 is 18.9 Å². The van der Waals surface area contributed by atoms with Crippen LogP contribution in [0.3, 0.4) is 0 Å². The standard InChI is InChI=1S/C26H22O6/c1-15-8-5-6-9-17(15)14-22-24(27)18-12-13-19(16(2)25(18)31-22)32-26(28)23-20(29-3)10-7-11-21(23)30-4/h5-14H,1-4H3/b22-14-. The van der Waals surface area contributed by atoms with Crippen molar-refractivity contribution in [1.82, 2.24) is 0 Å². The van der Waals surface area contributed by atoms with Crippen LogP contribution in [0, 0.1) is 13.8 Å². The molecule has 0 bridgehead atoms. The van der Waals surface area contributed by atoms with Gasteiger partial charge in [-0.15, -0.1) is 0 Å². The van der Waals surface area contributed by atoms with Crippen LogP contribution in [0.25, 0.3) is 6.08 Å². The lowest BCUT2D eigenvalue weighted by Gasteiger charge is -2.14. The molecule has 0 N–H and O–H groups in total. The van der Waals surface area contributed by atoms with Crippen LogP contribution in [-0.2, 0) is 0 Å². The highest BCUT2D eigenvalue weighted by atomic mass is 16.5.